The summed E-state index contributed by atoms with van der Waals surface area (Å²) >= 11 is 0. The average Bonchev–Trinajstić information content (AvgIpc) is 2.75. The van der Waals surface area contributed by atoms with Gasteiger partial charge in [-0.1, -0.05) is 19.1 Å². The molecule has 4 N–H and O–H groups in total. The number of rotatable bonds is 6. The Morgan fingerprint density at radius 2 is 1.70 bits per heavy atom. The molecular weight excluding hydrogens is 440 g/mol. The first-order valence-corrected chi connectivity index (χ1v) is 12.5. The summed E-state index contributed by atoms with van der Waals surface area (Å²) in [6.45, 7) is 8.56. The second kappa shape index (κ2) is 9.93. The Bertz CT molecular complexity index is 1140. The normalized spacial score (nSPS) is 16.2. The van der Waals surface area contributed by atoms with Gasteiger partial charge in [-0.2, -0.15) is 4.31 Å². The zero-order chi connectivity index (χ0) is 24.3. The molecule has 1 unspecified atom stereocenters. The number of nitrogens with zero attached hydrogens (tertiary/aromatic N) is 1. The van der Waals surface area contributed by atoms with Crippen molar-refractivity contribution in [3.63, 3.8) is 0 Å². The van der Waals surface area contributed by atoms with Crippen LogP contribution < -0.4 is 16.4 Å². The molecule has 1 aliphatic rings. The number of nitrogens with two attached hydrogens (primary N) is 1. The number of carbonyl (C=O) groups excluding carboxylic acids is 2. The quantitative estimate of drug-likeness (QED) is 0.593. The third kappa shape index (κ3) is 5.72. The Labute approximate surface area is 195 Å². The fraction of sp³-hybridized carbons (Fsp3) is 0.417. The molecule has 8 nitrogen and oxygen atoms in total. The Balaban J connectivity index is 1.81. The summed E-state index contributed by atoms with van der Waals surface area (Å²) in [5.74, 6) is 0.159. The summed E-state index contributed by atoms with van der Waals surface area (Å²) in [5.41, 5.74) is 8.23. The minimum atomic E-state index is -3.68. The van der Waals surface area contributed by atoms with E-state index < -0.39 is 16.1 Å². The molecule has 1 atom stereocenters. The maximum absolute atomic E-state index is 13.3. The van der Waals surface area contributed by atoms with Crippen LogP contribution in [-0.4, -0.2) is 37.8 Å². The van der Waals surface area contributed by atoms with E-state index in [0.29, 0.717) is 35.8 Å². The molecule has 0 aliphatic carbocycles. The van der Waals surface area contributed by atoms with Gasteiger partial charge >= 0.3 is 6.03 Å². The first-order valence-electron chi connectivity index (χ1n) is 11.1. The van der Waals surface area contributed by atoms with Crippen LogP contribution in [0.3, 0.4) is 0 Å². The van der Waals surface area contributed by atoms with Crippen molar-refractivity contribution in [2.24, 2.45) is 11.7 Å². The van der Waals surface area contributed by atoms with Gasteiger partial charge in [0, 0.05) is 24.3 Å². The number of primary amides is 1. The van der Waals surface area contributed by atoms with E-state index in [9.17, 15) is 18.0 Å². The monoisotopic (exact) mass is 472 g/mol. The minimum Gasteiger partial charge on any atom is -0.351 e. The van der Waals surface area contributed by atoms with Gasteiger partial charge in [0.05, 0.1) is 10.9 Å². The van der Waals surface area contributed by atoms with Crippen LogP contribution in [-0.2, 0) is 10.0 Å². The largest absolute Gasteiger partial charge is 0.351 e. The Morgan fingerprint density at radius 3 is 2.27 bits per heavy atom. The molecule has 0 spiro atoms. The van der Waals surface area contributed by atoms with Crippen LogP contribution in [0.4, 0.5) is 10.5 Å². The van der Waals surface area contributed by atoms with Crippen molar-refractivity contribution < 1.29 is 18.0 Å². The number of anilines is 1. The third-order valence-corrected chi connectivity index (χ3v) is 8.29. The number of benzene rings is 2. The zero-order valence-electron chi connectivity index (χ0n) is 19.5. The lowest BCUT2D eigenvalue weighted by molar-refractivity contribution is 0.0939. The summed E-state index contributed by atoms with van der Waals surface area (Å²) in [5, 5.41) is 5.41. The van der Waals surface area contributed by atoms with Crippen molar-refractivity contribution in [1.29, 1.82) is 0 Å². The average molecular weight is 473 g/mol. The maximum atomic E-state index is 13.3. The zero-order valence-corrected chi connectivity index (χ0v) is 20.3. The number of hydrogen-bond donors (Lipinski definition) is 3. The van der Waals surface area contributed by atoms with Gasteiger partial charge in [-0.15, -0.1) is 0 Å². The van der Waals surface area contributed by atoms with E-state index >= 15 is 0 Å². The molecule has 1 saturated heterocycles. The maximum Gasteiger partial charge on any atom is 0.316 e. The topological polar surface area (TPSA) is 122 Å². The molecule has 178 valence electrons. The van der Waals surface area contributed by atoms with Crippen molar-refractivity contribution in [2.75, 3.05) is 18.4 Å². The highest BCUT2D eigenvalue weighted by Gasteiger charge is 2.30. The molecule has 0 aromatic heterocycles. The molecule has 3 amide bonds. The highest BCUT2D eigenvalue weighted by atomic mass is 32.2. The SMILES string of the molecule is Cc1cc(C(=O)NC(C)c2ccc(NC(N)=O)cc2)cc(S(=O)(=O)N2CCC(C)CC2)c1C. The van der Waals surface area contributed by atoms with Crippen molar-refractivity contribution in [2.45, 2.75) is 51.5 Å². The first-order chi connectivity index (χ1) is 15.5. The number of carbonyl (C=O) groups is 2. The van der Waals surface area contributed by atoms with Crippen LogP contribution >= 0.6 is 0 Å². The van der Waals surface area contributed by atoms with Gasteiger partial charge in [-0.25, -0.2) is 13.2 Å². The fourth-order valence-corrected chi connectivity index (χ4v) is 5.74. The lowest BCUT2D eigenvalue weighted by Crippen LogP contribution is -2.38. The van der Waals surface area contributed by atoms with Crippen LogP contribution in [0, 0.1) is 19.8 Å². The Morgan fingerprint density at radius 1 is 1.09 bits per heavy atom. The molecule has 1 heterocycles. The van der Waals surface area contributed by atoms with Crippen LogP contribution in [0.25, 0.3) is 0 Å². The number of piperidine rings is 1. The number of nitrogens with one attached hydrogen (secondary N) is 2. The summed E-state index contributed by atoms with van der Waals surface area (Å²) in [6, 6.07) is 9.18. The van der Waals surface area contributed by atoms with E-state index in [-0.39, 0.29) is 16.8 Å². The van der Waals surface area contributed by atoms with Crippen molar-refractivity contribution in [3.05, 3.63) is 58.7 Å². The van der Waals surface area contributed by atoms with E-state index in [2.05, 4.69) is 17.6 Å². The predicted molar refractivity (Wildman–Crippen MR) is 129 cm³/mol. The van der Waals surface area contributed by atoms with Gasteiger partial charge < -0.3 is 16.4 Å². The van der Waals surface area contributed by atoms with E-state index in [4.69, 9.17) is 5.73 Å². The van der Waals surface area contributed by atoms with Gasteiger partial charge in [0.15, 0.2) is 0 Å². The molecule has 0 radical (unpaired) electrons. The molecule has 0 bridgehead atoms. The van der Waals surface area contributed by atoms with Crippen molar-refractivity contribution in [3.8, 4) is 0 Å². The minimum absolute atomic E-state index is 0.191. The summed E-state index contributed by atoms with van der Waals surface area (Å²) in [4.78, 5) is 24.2. The third-order valence-electron chi connectivity index (χ3n) is 6.27. The molecule has 3 rings (SSSR count). The summed E-state index contributed by atoms with van der Waals surface area (Å²) in [7, 11) is -3.68. The molecule has 1 fully saturated rings. The Kier molecular flexibility index (Phi) is 7.44. The lowest BCUT2D eigenvalue weighted by Gasteiger charge is -2.30. The molecule has 33 heavy (non-hydrogen) atoms. The van der Waals surface area contributed by atoms with Gasteiger partial charge in [-0.05, 0) is 80.5 Å². The number of urea groups is 1. The van der Waals surface area contributed by atoms with Crippen LogP contribution in [0.1, 0.15) is 59.8 Å². The van der Waals surface area contributed by atoms with Crippen LogP contribution in [0.15, 0.2) is 41.3 Å². The smallest absolute Gasteiger partial charge is 0.316 e. The van der Waals surface area contributed by atoms with Crippen LogP contribution in [0.2, 0.25) is 0 Å². The second-order valence-corrected chi connectivity index (χ2v) is 10.7. The molecule has 2 aromatic carbocycles. The number of aryl methyl sites for hydroxylation is 1. The lowest BCUT2D eigenvalue weighted by atomic mass is 10.0. The van der Waals surface area contributed by atoms with Crippen LogP contribution in [0.5, 0.6) is 0 Å². The van der Waals surface area contributed by atoms with Gasteiger partial charge in [-0.3, -0.25) is 4.79 Å². The molecular formula is C24H32N4O4S. The second-order valence-electron chi connectivity index (χ2n) is 8.81. The highest BCUT2D eigenvalue weighted by molar-refractivity contribution is 7.89. The number of sulfonamides is 1. The van der Waals surface area contributed by atoms with Crippen molar-refractivity contribution >= 4 is 27.6 Å². The van der Waals surface area contributed by atoms with Gasteiger partial charge in [0.1, 0.15) is 0 Å². The molecule has 2 aromatic rings. The summed E-state index contributed by atoms with van der Waals surface area (Å²) < 4.78 is 28.2. The van der Waals surface area contributed by atoms with E-state index in [1.165, 1.54) is 10.4 Å². The molecule has 0 saturated carbocycles. The van der Waals surface area contributed by atoms with Crippen molar-refractivity contribution in [1.82, 2.24) is 9.62 Å². The predicted octanol–water partition coefficient (Wildman–Crippen LogP) is 3.71. The fourth-order valence-electron chi connectivity index (χ4n) is 3.95. The van der Waals surface area contributed by atoms with E-state index in [1.807, 2.05) is 13.8 Å². The Hall–Kier alpha value is -2.91. The first kappa shape index (κ1) is 24.7. The van der Waals surface area contributed by atoms with E-state index in [0.717, 1.165) is 24.0 Å². The van der Waals surface area contributed by atoms with Gasteiger partial charge in [0.25, 0.3) is 5.91 Å². The summed E-state index contributed by atoms with van der Waals surface area (Å²) in [6.07, 6.45) is 1.67. The van der Waals surface area contributed by atoms with E-state index in [1.54, 1.807) is 37.3 Å². The number of amides is 3. The highest BCUT2D eigenvalue weighted by Crippen LogP contribution is 2.28. The molecule has 1 aliphatic heterocycles. The number of hydrogen-bond acceptors (Lipinski definition) is 4. The molecule has 9 heteroatoms. The standard InChI is InChI=1S/C24H32N4O4S/c1-15-9-11-28(12-10-15)33(31,32)22-14-20(13-16(2)17(22)3)23(29)26-18(4)19-5-7-21(8-6-19)27-24(25)30/h5-8,13-15,18H,9-12H2,1-4H3,(H,26,29)(H3,25,27,30). The van der Waals surface area contributed by atoms with Gasteiger partial charge in [0.2, 0.25) is 10.0 Å².